The van der Waals surface area contributed by atoms with Crippen LogP contribution >= 0.6 is 15.9 Å². The number of hydrogen-bond acceptors (Lipinski definition) is 2. The number of carbonyl (C=O) groups excluding carboxylic acids is 1. The highest BCUT2D eigenvalue weighted by molar-refractivity contribution is 9.10. The summed E-state index contributed by atoms with van der Waals surface area (Å²) in [5.41, 5.74) is 0.671. The molecule has 1 aromatic carbocycles. The zero-order valence-corrected chi connectivity index (χ0v) is 13.5. The minimum absolute atomic E-state index is 0.147. The molecule has 3 rings (SSSR count). The number of rotatable bonds is 3. The Kier molecular flexibility index (Phi) is 4.31. The maximum atomic E-state index is 13.1. The topological polar surface area (TPSA) is 41.1 Å². The van der Waals surface area contributed by atoms with Crippen LogP contribution in [0.5, 0.6) is 0 Å². The predicted octanol–water partition coefficient (Wildman–Crippen LogP) is 2.98. The zero-order valence-electron chi connectivity index (χ0n) is 11.9. The number of fused-ring (bicyclic) bond motifs is 1. The molecule has 1 aliphatic heterocycles. The second-order valence-corrected chi connectivity index (χ2v) is 7.00. The maximum absolute atomic E-state index is 13.1. The van der Waals surface area contributed by atoms with Crippen LogP contribution in [-0.4, -0.2) is 19.0 Å². The molecule has 2 fully saturated rings. The molecular formula is C16H20BrFN2O. The van der Waals surface area contributed by atoms with Gasteiger partial charge >= 0.3 is 0 Å². The lowest BCUT2D eigenvalue weighted by atomic mass is 9.67. The van der Waals surface area contributed by atoms with Gasteiger partial charge < -0.3 is 10.6 Å². The molecule has 21 heavy (non-hydrogen) atoms. The zero-order chi connectivity index (χ0) is 14.9. The molecular weight excluding hydrogens is 335 g/mol. The van der Waals surface area contributed by atoms with E-state index in [4.69, 9.17) is 0 Å². The number of nitrogens with one attached hydrogen (secondary N) is 2. The predicted molar refractivity (Wildman–Crippen MR) is 83.2 cm³/mol. The Morgan fingerprint density at radius 2 is 2.33 bits per heavy atom. The van der Waals surface area contributed by atoms with Gasteiger partial charge in [-0.25, -0.2) is 4.39 Å². The summed E-state index contributed by atoms with van der Waals surface area (Å²) in [4.78, 5) is 12.7. The van der Waals surface area contributed by atoms with Gasteiger partial charge in [0.1, 0.15) is 5.82 Å². The van der Waals surface area contributed by atoms with Crippen LogP contribution in [-0.2, 0) is 11.3 Å². The minimum Gasteiger partial charge on any atom is -0.351 e. The van der Waals surface area contributed by atoms with E-state index in [9.17, 15) is 9.18 Å². The van der Waals surface area contributed by atoms with Crippen LogP contribution in [0.4, 0.5) is 4.39 Å². The van der Waals surface area contributed by atoms with Gasteiger partial charge in [0.15, 0.2) is 0 Å². The Balaban J connectivity index is 1.68. The smallest absolute Gasteiger partial charge is 0.228 e. The van der Waals surface area contributed by atoms with Gasteiger partial charge in [-0.3, -0.25) is 4.79 Å². The molecule has 2 N–H and O–H groups in total. The van der Waals surface area contributed by atoms with E-state index in [1.807, 2.05) is 0 Å². The molecule has 0 unspecified atom stereocenters. The minimum atomic E-state index is -0.275. The molecule has 1 heterocycles. The Morgan fingerprint density at radius 1 is 1.48 bits per heavy atom. The van der Waals surface area contributed by atoms with Crippen molar-refractivity contribution in [3.8, 4) is 0 Å². The molecule has 0 radical (unpaired) electrons. The molecule has 0 aromatic heterocycles. The largest absolute Gasteiger partial charge is 0.351 e. The van der Waals surface area contributed by atoms with E-state index in [0.717, 1.165) is 37.9 Å². The summed E-state index contributed by atoms with van der Waals surface area (Å²) in [6, 6.07) is 4.56. The summed E-state index contributed by atoms with van der Waals surface area (Å²) in [6.07, 6.45) is 4.47. The first kappa shape index (κ1) is 15.0. The fourth-order valence-corrected chi connectivity index (χ4v) is 4.20. The highest BCUT2D eigenvalue weighted by Gasteiger charge is 2.49. The van der Waals surface area contributed by atoms with Gasteiger partial charge in [-0.1, -0.05) is 34.8 Å². The monoisotopic (exact) mass is 354 g/mol. The molecule has 2 atom stereocenters. The molecule has 2 aliphatic rings. The highest BCUT2D eigenvalue weighted by atomic mass is 79.9. The summed E-state index contributed by atoms with van der Waals surface area (Å²) in [6.45, 7) is 2.18. The first-order valence-electron chi connectivity index (χ1n) is 7.55. The van der Waals surface area contributed by atoms with E-state index in [0.29, 0.717) is 16.9 Å². The van der Waals surface area contributed by atoms with Gasteiger partial charge in [0.2, 0.25) is 5.91 Å². The quantitative estimate of drug-likeness (QED) is 0.875. The lowest BCUT2D eigenvalue weighted by molar-refractivity contribution is -0.134. The van der Waals surface area contributed by atoms with Gasteiger partial charge in [0.25, 0.3) is 0 Å². The maximum Gasteiger partial charge on any atom is 0.228 e. The lowest BCUT2D eigenvalue weighted by Crippen LogP contribution is -2.47. The van der Waals surface area contributed by atoms with Crippen molar-refractivity contribution in [1.82, 2.24) is 10.6 Å². The van der Waals surface area contributed by atoms with E-state index in [1.54, 1.807) is 6.07 Å². The van der Waals surface area contributed by atoms with Crippen LogP contribution in [0.2, 0.25) is 0 Å². The Morgan fingerprint density at radius 3 is 3.14 bits per heavy atom. The summed E-state index contributed by atoms with van der Waals surface area (Å²) in [7, 11) is 0. The van der Waals surface area contributed by atoms with Crippen LogP contribution < -0.4 is 10.6 Å². The molecule has 0 bridgehead atoms. The van der Waals surface area contributed by atoms with Crippen molar-refractivity contribution in [3.05, 3.63) is 34.1 Å². The van der Waals surface area contributed by atoms with Crippen LogP contribution in [0.3, 0.4) is 0 Å². The molecule has 1 aromatic rings. The average molecular weight is 355 g/mol. The van der Waals surface area contributed by atoms with Crippen molar-refractivity contribution < 1.29 is 9.18 Å². The second kappa shape index (κ2) is 6.05. The first-order chi connectivity index (χ1) is 10.1. The summed E-state index contributed by atoms with van der Waals surface area (Å²) < 4.78 is 13.8. The SMILES string of the molecule is O=C(NCc1ccc(F)cc1Br)[C@@]12CCCC[C@H]1CNC2. The van der Waals surface area contributed by atoms with E-state index < -0.39 is 0 Å². The van der Waals surface area contributed by atoms with Gasteiger partial charge in [0.05, 0.1) is 5.41 Å². The molecule has 1 aliphatic carbocycles. The average Bonchev–Trinajstić information content (AvgIpc) is 2.91. The van der Waals surface area contributed by atoms with Crippen molar-refractivity contribution in [2.45, 2.75) is 32.2 Å². The third-order valence-electron chi connectivity index (χ3n) is 4.94. The molecule has 114 valence electrons. The highest BCUT2D eigenvalue weighted by Crippen LogP contribution is 2.43. The second-order valence-electron chi connectivity index (χ2n) is 6.15. The Hall–Kier alpha value is -0.940. The van der Waals surface area contributed by atoms with Gasteiger partial charge in [0, 0.05) is 17.6 Å². The number of amides is 1. The van der Waals surface area contributed by atoms with E-state index in [1.165, 1.54) is 18.6 Å². The number of hydrogen-bond donors (Lipinski definition) is 2. The van der Waals surface area contributed by atoms with E-state index in [2.05, 4.69) is 26.6 Å². The van der Waals surface area contributed by atoms with Crippen molar-refractivity contribution in [2.24, 2.45) is 11.3 Å². The molecule has 1 amide bonds. The van der Waals surface area contributed by atoms with Crippen LogP contribution in [0.15, 0.2) is 22.7 Å². The molecule has 1 saturated carbocycles. The number of halogens is 2. The van der Waals surface area contributed by atoms with Crippen LogP contribution in [0.25, 0.3) is 0 Å². The standard InChI is InChI=1S/C16H20BrFN2O/c17-14-7-13(18)5-4-11(14)8-20-15(21)16-6-2-1-3-12(16)9-19-10-16/h4-5,7,12,19H,1-3,6,8-10H2,(H,20,21)/t12-,16+/m0/s1. The number of benzene rings is 1. The van der Waals surface area contributed by atoms with Gasteiger partial charge in [-0.15, -0.1) is 0 Å². The van der Waals surface area contributed by atoms with Crippen molar-refractivity contribution >= 4 is 21.8 Å². The fraction of sp³-hybridized carbons (Fsp3) is 0.562. The lowest BCUT2D eigenvalue weighted by Gasteiger charge is -2.37. The third kappa shape index (κ3) is 2.86. The first-order valence-corrected chi connectivity index (χ1v) is 8.34. The van der Waals surface area contributed by atoms with Gasteiger partial charge in [-0.2, -0.15) is 0 Å². The number of carbonyl (C=O) groups is 1. The fourth-order valence-electron chi connectivity index (χ4n) is 3.71. The Labute approximate surface area is 132 Å². The van der Waals surface area contributed by atoms with Crippen molar-refractivity contribution in [1.29, 1.82) is 0 Å². The molecule has 1 saturated heterocycles. The normalized spacial score (nSPS) is 28.2. The summed E-state index contributed by atoms with van der Waals surface area (Å²) in [5, 5.41) is 6.44. The van der Waals surface area contributed by atoms with Crippen LogP contribution in [0, 0.1) is 17.2 Å². The summed E-state index contributed by atoms with van der Waals surface area (Å²) in [5.74, 6) is 0.333. The summed E-state index contributed by atoms with van der Waals surface area (Å²) >= 11 is 3.34. The Bertz CT molecular complexity index is 551. The van der Waals surface area contributed by atoms with Crippen molar-refractivity contribution in [2.75, 3.05) is 13.1 Å². The molecule has 3 nitrogen and oxygen atoms in total. The van der Waals surface area contributed by atoms with E-state index >= 15 is 0 Å². The van der Waals surface area contributed by atoms with Crippen molar-refractivity contribution in [3.63, 3.8) is 0 Å². The van der Waals surface area contributed by atoms with Crippen LogP contribution in [0.1, 0.15) is 31.2 Å². The third-order valence-corrected chi connectivity index (χ3v) is 5.68. The van der Waals surface area contributed by atoms with Gasteiger partial charge in [-0.05, 0) is 43.0 Å². The molecule has 5 heteroatoms. The molecule has 0 spiro atoms. The van der Waals surface area contributed by atoms with E-state index in [-0.39, 0.29) is 17.1 Å².